The molecule has 1 heterocycles. The molecule has 30 heavy (non-hydrogen) atoms. The number of ketones is 1. The van der Waals surface area contributed by atoms with Crippen LogP contribution in [0.15, 0.2) is 35.6 Å². The summed E-state index contributed by atoms with van der Waals surface area (Å²) in [6.45, 7) is 9.03. The highest BCUT2D eigenvalue weighted by atomic mass is 16.5. The van der Waals surface area contributed by atoms with Gasteiger partial charge in [0.2, 0.25) is 5.60 Å². The largest absolute Gasteiger partial charge is 0.511 e. The first-order valence-corrected chi connectivity index (χ1v) is 10.1. The summed E-state index contributed by atoms with van der Waals surface area (Å²) in [6.07, 6.45) is 1.93. The molecule has 4 N–H and O–H groups in total. The van der Waals surface area contributed by atoms with Crippen molar-refractivity contribution in [3.63, 3.8) is 0 Å². The van der Waals surface area contributed by atoms with Gasteiger partial charge in [-0.25, -0.2) is 9.59 Å². The van der Waals surface area contributed by atoms with Gasteiger partial charge in [-0.15, -0.1) is 0 Å². The summed E-state index contributed by atoms with van der Waals surface area (Å²) < 4.78 is 5.10. The second-order valence-corrected chi connectivity index (χ2v) is 7.70. The molecule has 0 saturated carbocycles. The minimum atomic E-state index is -2.42. The van der Waals surface area contributed by atoms with E-state index < -0.39 is 41.4 Å². The van der Waals surface area contributed by atoms with Crippen molar-refractivity contribution >= 4 is 17.7 Å². The van der Waals surface area contributed by atoms with E-state index in [1.54, 1.807) is 20.8 Å². The predicted octanol–water partition coefficient (Wildman–Crippen LogP) is 2.60. The molecule has 1 rings (SSSR count). The van der Waals surface area contributed by atoms with Gasteiger partial charge in [-0.05, 0) is 31.3 Å². The Morgan fingerprint density at radius 2 is 1.93 bits per heavy atom. The maximum atomic E-state index is 12.1. The Balaban J connectivity index is 2.73. The van der Waals surface area contributed by atoms with Crippen molar-refractivity contribution in [2.45, 2.75) is 77.1 Å². The minimum Gasteiger partial charge on any atom is -0.511 e. The normalized spacial score (nSPS) is 22.9. The molecule has 0 amide bonds. The van der Waals surface area contributed by atoms with E-state index in [9.17, 15) is 34.8 Å². The van der Waals surface area contributed by atoms with Crippen LogP contribution in [0.1, 0.15) is 59.3 Å². The van der Waals surface area contributed by atoms with Crippen LogP contribution in [0.25, 0.3) is 0 Å². The van der Waals surface area contributed by atoms with E-state index in [-0.39, 0.29) is 37.0 Å². The number of aliphatic hydroxyl groups is 3. The topological polar surface area (TPSA) is 141 Å². The van der Waals surface area contributed by atoms with Crippen molar-refractivity contribution in [2.75, 3.05) is 0 Å². The summed E-state index contributed by atoms with van der Waals surface area (Å²) in [5, 5.41) is 40.0. The molecule has 4 atom stereocenters. The third-order valence-corrected chi connectivity index (χ3v) is 5.38. The van der Waals surface area contributed by atoms with Gasteiger partial charge in [0.05, 0.1) is 6.10 Å². The summed E-state index contributed by atoms with van der Waals surface area (Å²) in [5.74, 6) is -3.63. The average molecular weight is 424 g/mol. The first-order valence-electron chi connectivity index (χ1n) is 10.1. The zero-order chi connectivity index (χ0) is 23.1. The van der Waals surface area contributed by atoms with Crippen LogP contribution in [0.5, 0.6) is 0 Å². The number of carboxylic acids is 1. The number of hydrogen-bond acceptors (Lipinski definition) is 7. The van der Waals surface area contributed by atoms with Crippen LogP contribution >= 0.6 is 0 Å². The number of hydrogen-bond donors (Lipinski definition) is 4. The Kier molecular flexibility index (Phi) is 9.45. The highest BCUT2D eigenvalue weighted by molar-refractivity contribution is 6.19. The molecule has 0 unspecified atom stereocenters. The fourth-order valence-corrected chi connectivity index (χ4v) is 3.06. The lowest BCUT2D eigenvalue weighted by Gasteiger charge is -2.29. The molecule has 0 bridgehead atoms. The molecule has 168 valence electrons. The average Bonchev–Trinajstić information content (AvgIpc) is 2.69. The van der Waals surface area contributed by atoms with Crippen molar-refractivity contribution in [1.29, 1.82) is 0 Å². The second-order valence-electron chi connectivity index (χ2n) is 7.70. The number of Topliss-reactive ketones (excluding diaryl/α,β-unsaturated/α-hetero) is 1. The second kappa shape index (κ2) is 11.1. The Bertz CT molecular complexity index is 715. The van der Waals surface area contributed by atoms with Crippen molar-refractivity contribution < 1.29 is 39.5 Å². The van der Waals surface area contributed by atoms with Crippen LogP contribution in [-0.4, -0.2) is 56.0 Å². The maximum absolute atomic E-state index is 12.1. The summed E-state index contributed by atoms with van der Waals surface area (Å²) in [7, 11) is 0. The van der Waals surface area contributed by atoms with E-state index >= 15 is 0 Å². The van der Waals surface area contributed by atoms with Crippen LogP contribution in [0, 0.1) is 5.92 Å². The van der Waals surface area contributed by atoms with E-state index in [1.165, 1.54) is 6.08 Å². The van der Waals surface area contributed by atoms with Crippen LogP contribution in [0.4, 0.5) is 0 Å². The van der Waals surface area contributed by atoms with Crippen LogP contribution < -0.4 is 0 Å². The quantitative estimate of drug-likeness (QED) is 0.130. The number of aliphatic hydroxyl groups excluding tert-OH is 2. The molecule has 0 spiro atoms. The van der Waals surface area contributed by atoms with Crippen molar-refractivity contribution in [2.24, 2.45) is 5.92 Å². The van der Waals surface area contributed by atoms with Gasteiger partial charge >= 0.3 is 11.9 Å². The van der Waals surface area contributed by atoms with Gasteiger partial charge in [0, 0.05) is 12.8 Å². The van der Waals surface area contributed by atoms with Crippen LogP contribution in [-0.2, 0) is 19.1 Å². The number of rotatable bonds is 11. The van der Waals surface area contributed by atoms with Crippen molar-refractivity contribution in [1.82, 2.24) is 0 Å². The molecule has 1 aliphatic rings. The lowest BCUT2D eigenvalue weighted by molar-refractivity contribution is -0.167. The molecular formula is C22H32O8. The molecule has 0 aromatic heterocycles. The standard InChI is InChI=1S/C22H32O8/c1-5-14(4)19(25)22(29,21(27)28)11-7-8-13(3)9-10-16(23)18-17(24)12-15(6-2)30-20(18)26/h7,11,14-15,19,23,25,29H,3,5-6,8-10,12H2,1-2,4H3,(H,27,28)/b11-7+,18-16+/t14-,15+,19+,22-/m0/s1. The van der Waals surface area contributed by atoms with Gasteiger partial charge in [-0.1, -0.05) is 45.4 Å². The molecular weight excluding hydrogens is 392 g/mol. The minimum absolute atomic E-state index is 0.00166. The van der Waals surface area contributed by atoms with Gasteiger partial charge in [-0.3, -0.25) is 4.79 Å². The fourth-order valence-electron chi connectivity index (χ4n) is 3.06. The number of cyclic esters (lactones) is 1. The first-order chi connectivity index (χ1) is 14.0. The number of allylic oxidation sites excluding steroid dienone is 3. The van der Waals surface area contributed by atoms with Gasteiger partial charge in [0.25, 0.3) is 0 Å². The highest BCUT2D eigenvalue weighted by Crippen LogP contribution is 2.25. The number of carbonyl (C=O) groups excluding carboxylic acids is 2. The molecule has 0 radical (unpaired) electrons. The number of carbonyl (C=O) groups is 3. The van der Waals surface area contributed by atoms with Gasteiger partial charge in [0.15, 0.2) is 5.78 Å². The van der Waals surface area contributed by atoms with E-state index in [0.717, 1.165) is 6.08 Å². The Labute approximate surface area is 176 Å². The van der Waals surface area contributed by atoms with Crippen LogP contribution in [0.3, 0.4) is 0 Å². The van der Waals surface area contributed by atoms with Crippen LogP contribution in [0.2, 0.25) is 0 Å². The van der Waals surface area contributed by atoms with E-state index in [2.05, 4.69) is 6.58 Å². The SMILES string of the molecule is C=C(C/C=C/[C@@](O)(C(=O)O)[C@H](O)[C@@H](C)CC)CC/C(O)=C1/C(=O)C[C@@H](CC)OC1=O. The molecule has 8 nitrogen and oxygen atoms in total. The zero-order valence-electron chi connectivity index (χ0n) is 17.8. The third kappa shape index (κ3) is 6.27. The molecule has 1 fully saturated rings. The number of ether oxygens (including phenoxy) is 1. The Morgan fingerprint density at radius 3 is 2.43 bits per heavy atom. The summed E-state index contributed by atoms with van der Waals surface area (Å²) >= 11 is 0. The van der Waals surface area contributed by atoms with E-state index in [0.29, 0.717) is 18.4 Å². The molecule has 0 aromatic carbocycles. The number of aliphatic carboxylic acids is 1. The monoisotopic (exact) mass is 424 g/mol. The summed E-state index contributed by atoms with van der Waals surface area (Å²) in [4.78, 5) is 35.5. The van der Waals surface area contributed by atoms with Gasteiger partial charge in [0.1, 0.15) is 17.4 Å². The zero-order valence-corrected chi connectivity index (χ0v) is 17.8. The lowest BCUT2D eigenvalue weighted by Crippen LogP contribution is -2.50. The van der Waals surface area contributed by atoms with E-state index in [1.807, 2.05) is 0 Å². The Morgan fingerprint density at radius 1 is 1.30 bits per heavy atom. The number of esters is 1. The fraction of sp³-hybridized carbons (Fsp3) is 0.591. The smallest absolute Gasteiger partial charge is 0.345 e. The molecule has 0 aromatic rings. The van der Waals surface area contributed by atoms with E-state index in [4.69, 9.17) is 4.74 Å². The predicted molar refractivity (Wildman–Crippen MR) is 110 cm³/mol. The molecule has 8 heteroatoms. The summed E-state index contributed by atoms with van der Waals surface area (Å²) in [6, 6.07) is 0. The molecule has 0 aliphatic carbocycles. The van der Waals surface area contributed by atoms with Crippen molar-refractivity contribution in [3.05, 3.63) is 35.6 Å². The van der Waals surface area contributed by atoms with Crippen molar-refractivity contribution in [3.8, 4) is 0 Å². The first kappa shape index (κ1) is 25.6. The molecule has 1 aliphatic heterocycles. The molecule has 1 saturated heterocycles. The van der Waals surface area contributed by atoms with Gasteiger partial charge < -0.3 is 25.2 Å². The third-order valence-electron chi connectivity index (χ3n) is 5.38. The Hall–Kier alpha value is -2.45. The van der Waals surface area contributed by atoms with Gasteiger partial charge in [-0.2, -0.15) is 0 Å². The summed E-state index contributed by atoms with van der Waals surface area (Å²) in [5.41, 5.74) is -2.18. The lowest BCUT2D eigenvalue weighted by atomic mass is 9.85. The maximum Gasteiger partial charge on any atom is 0.345 e. The highest BCUT2D eigenvalue weighted by Gasteiger charge is 2.43. The number of carboxylic acid groups (broad SMARTS) is 1.